The molecule has 2 aliphatic rings. The van der Waals surface area contributed by atoms with E-state index in [2.05, 4.69) is 10.2 Å². The molecule has 0 saturated heterocycles. The number of H-pyrrole nitrogens is 1. The topological polar surface area (TPSA) is 69.2 Å². The summed E-state index contributed by atoms with van der Waals surface area (Å²) >= 11 is 0. The first kappa shape index (κ1) is 14.6. The average Bonchev–Trinajstić information content (AvgIpc) is 2.97. The van der Waals surface area contributed by atoms with Gasteiger partial charge in [0.1, 0.15) is 0 Å². The van der Waals surface area contributed by atoms with Gasteiger partial charge in [-0.3, -0.25) is 9.89 Å². The number of nitrogens with zero attached hydrogens (tertiary/aromatic N) is 2. The van der Waals surface area contributed by atoms with Crippen molar-refractivity contribution in [3.63, 3.8) is 0 Å². The Morgan fingerprint density at radius 3 is 2.71 bits per heavy atom. The third kappa shape index (κ3) is 2.84. The molecule has 0 atom stereocenters. The minimum atomic E-state index is 0.0573. The number of hydrogen-bond donors (Lipinski definition) is 2. The number of aliphatic hydroxyl groups is 1. The van der Waals surface area contributed by atoms with E-state index in [0.29, 0.717) is 11.6 Å². The van der Waals surface area contributed by atoms with Crippen molar-refractivity contribution in [2.75, 3.05) is 13.7 Å². The number of aromatic nitrogens is 2. The molecule has 1 heterocycles. The largest absolute Gasteiger partial charge is 0.396 e. The molecule has 1 fully saturated rings. The minimum Gasteiger partial charge on any atom is -0.396 e. The quantitative estimate of drug-likeness (QED) is 0.894. The molecule has 116 valence electrons. The highest BCUT2D eigenvalue weighted by atomic mass is 16.3. The molecule has 1 aromatic heterocycles. The van der Waals surface area contributed by atoms with Crippen LogP contribution in [0.1, 0.15) is 60.3 Å². The molecule has 0 unspecified atom stereocenters. The number of carbonyl (C=O) groups is 1. The van der Waals surface area contributed by atoms with Gasteiger partial charge in [0, 0.05) is 31.0 Å². The Morgan fingerprint density at radius 2 is 2.00 bits per heavy atom. The molecule has 5 nitrogen and oxygen atoms in total. The number of fused-ring (bicyclic) bond motifs is 1. The number of amides is 1. The SMILES string of the molecule is CN(C(=O)c1n[nH]c2c1CCCC2)C1CCC(CO)CC1. The minimum absolute atomic E-state index is 0.0573. The van der Waals surface area contributed by atoms with Gasteiger partial charge in [0.15, 0.2) is 5.69 Å². The normalized spacial score (nSPS) is 25.4. The molecule has 0 aromatic carbocycles. The number of nitrogens with one attached hydrogen (secondary N) is 1. The summed E-state index contributed by atoms with van der Waals surface area (Å²) in [5.41, 5.74) is 2.93. The first-order valence-corrected chi connectivity index (χ1v) is 8.14. The Hall–Kier alpha value is -1.36. The zero-order valence-electron chi connectivity index (χ0n) is 12.8. The van der Waals surface area contributed by atoms with Gasteiger partial charge < -0.3 is 10.0 Å². The van der Waals surface area contributed by atoms with Crippen LogP contribution in [0.3, 0.4) is 0 Å². The Labute approximate surface area is 125 Å². The van der Waals surface area contributed by atoms with Gasteiger partial charge in [0.2, 0.25) is 0 Å². The van der Waals surface area contributed by atoms with Gasteiger partial charge in [-0.05, 0) is 57.3 Å². The lowest BCUT2D eigenvalue weighted by Crippen LogP contribution is -2.40. The van der Waals surface area contributed by atoms with E-state index in [4.69, 9.17) is 0 Å². The predicted octanol–water partition coefficient (Wildman–Crippen LogP) is 1.91. The molecular formula is C16H25N3O2. The van der Waals surface area contributed by atoms with Crippen molar-refractivity contribution in [3.8, 4) is 0 Å². The van der Waals surface area contributed by atoms with Crippen molar-refractivity contribution in [2.24, 2.45) is 5.92 Å². The fourth-order valence-electron chi connectivity index (χ4n) is 3.71. The molecule has 0 spiro atoms. The van der Waals surface area contributed by atoms with Gasteiger partial charge in [-0.1, -0.05) is 0 Å². The molecule has 21 heavy (non-hydrogen) atoms. The Balaban J connectivity index is 1.69. The van der Waals surface area contributed by atoms with Gasteiger partial charge in [-0.25, -0.2) is 0 Å². The lowest BCUT2D eigenvalue weighted by Gasteiger charge is -2.34. The van der Waals surface area contributed by atoms with Crippen LogP contribution in [0.4, 0.5) is 0 Å². The monoisotopic (exact) mass is 291 g/mol. The fourth-order valence-corrected chi connectivity index (χ4v) is 3.71. The highest BCUT2D eigenvalue weighted by Gasteiger charge is 2.30. The number of aromatic amines is 1. The van der Waals surface area contributed by atoms with E-state index < -0.39 is 0 Å². The summed E-state index contributed by atoms with van der Waals surface area (Å²) in [6.07, 6.45) is 8.32. The maximum Gasteiger partial charge on any atom is 0.274 e. The Bertz CT molecular complexity index is 504. The molecule has 3 rings (SSSR count). The Kier molecular flexibility index (Phi) is 4.29. The summed E-state index contributed by atoms with van der Waals surface area (Å²) in [4.78, 5) is 14.6. The molecule has 1 aromatic rings. The van der Waals surface area contributed by atoms with Crippen molar-refractivity contribution < 1.29 is 9.90 Å². The van der Waals surface area contributed by atoms with Crippen LogP contribution in [0, 0.1) is 5.92 Å². The summed E-state index contributed by atoms with van der Waals surface area (Å²) in [5, 5.41) is 16.6. The molecule has 1 amide bonds. The van der Waals surface area contributed by atoms with E-state index in [0.717, 1.165) is 56.2 Å². The number of rotatable bonds is 3. The molecule has 0 bridgehead atoms. The second kappa shape index (κ2) is 6.18. The molecule has 5 heteroatoms. The van der Waals surface area contributed by atoms with E-state index in [-0.39, 0.29) is 18.6 Å². The lowest BCUT2D eigenvalue weighted by atomic mass is 9.86. The average molecular weight is 291 g/mol. The van der Waals surface area contributed by atoms with Gasteiger partial charge in [0.05, 0.1) is 0 Å². The number of carbonyl (C=O) groups excluding carboxylic acids is 1. The summed E-state index contributed by atoms with van der Waals surface area (Å²) in [7, 11) is 1.90. The molecular weight excluding hydrogens is 266 g/mol. The molecule has 1 saturated carbocycles. The van der Waals surface area contributed by atoms with Crippen molar-refractivity contribution in [3.05, 3.63) is 17.0 Å². The van der Waals surface area contributed by atoms with Crippen LogP contribution in [0.5, 0.6) is 0 Å². The van der Waals surface area contributed by atoms with Crippen LogP contribution >= 0.6 is 0 Å². The highest BCUT2D eigenvalue weighted by Crippen LogP contribution is 2.29. The molecule has 2 N–H and O–H groups in total. The summed E-state index contributed by atoms with van der Waals surface area (Å²) in [5.74, 6) is 0.477. The highest BCUT2D eigenvalue weighted by molar-refractivity contribution is 5.94. The van der Waals surface area contributed by atoms with Crippen LogP contribution < -0.4 is 0 Å². The summed E-state index contributed by atoms with van der Waals surface area (Å²) in [6, 6.07) is 0.288. The second-order valence-corrected chi connectivity index (χ2v) is 6.51. The van der Waals surface area contributed by atoms with Crippen LogP contribution in [-0.2, 0) is 12.8 Å². The third-order valence-corrected chi connectivity index (χ3v) is 5.20. The van der Waals surface area contributed by atoms with Gasteiger partial charge in [-0.2, -0.15) is 5.10 Å². The lowest BCUT2D eigenvalue weighted by molar-refractivity contribution is 0.0646. The maximum absolute atomic E-state index is 12.7. The number of aryl methyl sites for hydroxylation is 1. The van der Waals surface area contributed by atoms with Crippen LogP contribution in [0.25, 0.3) is 0 Å². The van der Waals surface area contributed by atoms with E-state index in [1.807, 2.05) is 11.9 Å². The molecule has 2 aliphatic carbocycles. The van der Waals surface area contributed by atoms with Crippen molar-refractivity contribution in [1.82, 2.24) is 15.1 Å². The predicted molar refractivity (Wildman–Crippen MR) is 80.2 cm³/mol. The van der Waals surface area contributed by atoms with Crippen LogP contribution in [0.2, 0.25) is 0 Å². The zero-order chi connectivity index (χ0) is 14.8. The fraction of sp³-hybridized carbons (Fsp3) is 0.750. The smallest absolute Gasteiger partial charge is 0.274 e. The van der Waals surface area contributed by atoms with Crippen LogP contribution in [-0.4, -0.2) is 45.8 Å². The first-order valence-electron chi connectivity index (χ1n) is 8.14. The van der Waals surface area contributed by atoms with E-state index >= 15 is 0 Å². The molecule has 0 aliphatic heterocycles. The van der Waals surface area contributed by atoms with E-state index in [1.54, 1.807) is 0 Å². The molecule has 0 radical (unpaired) electrons. The van der Waals surface area contributed by atoms with E-state index in [1.165, 1.54) is 6.42 Å². The summed E-state index contributed by atoms with van der Waals surface area (Å²) in [6.45, 7) is 0.275. The number of hydrogen-bond acceptors (Lipinski definition) is 3. The standard InChI is InChI=1S/C16H25N3O2/c1-19(12-8-6-11(10-20)7-9-12)16(21)15-13-4-2-3-5-14(13)17-18-15/h11-12,20H,2-10H2,1H3,(H,17,18). The van der Waals surface area contributed by atoms with Crippen LogP contribution in [0.15, 0.2) is 0 Å². The Morgan fingerprint density at radius 1 is 1.29 bits per heavy atom. The summed E-state index contributed by atoms with van der Waals surface area (Å²) < 4.78 is 0. The van der Waals surface area contributed by atoms with Crippen molar-refractivity contribution >= 4 is 5.91 Å². The van der Waals surface area contributed by atoms with Gasteiger partial charge in [0.25, 0.3) is 5.91 Å². The van der Waals surface area contributed by atoms with Gasteiger partial charge >= 0.3 is 0 Å². The third-order valence-electron chi connectivity index (χ3n) is 5.20. The first-order chi connectivity index (χ1) is 10.2. The maximum atomic E-state index is 12.7. The van der Waals surface area contributed by atoms with Crippen molar-refractivity contribution in [2.45, 2.75) is 57.4 Å². The number of aliphatic hydroxyl groups excluding tert-OH is 1. The van der Waals surface area contributed by atoms with Gasteiger partial charge in [-0.15, -0.1) is 0 Å². The second-order valence-electron chi connectivity index (χ2n) is 6.51. The van der Waals surface area contributed by atoms with E-state index in [9.17, 15) is 9.90 Å². The van der Waals surface area contributed by atoms with Crippen molar-refractivity contribution in [1.29, 1.82) is 0 Å². The zero-order valence-corrected chi connectivity index (χ0v) is 12.8.